The first kappa shape index (κ1) is 32.4. The van der Waals surface area contributed by atoms with Crippen molar-refractivity contribution in [2.45, 2.75) is 0 Å². The smallest absolute Gasteiger partial charge is 0.160 e. The van der Waals surface area contributed by atoms with E-state index in [-0.39, 0.29) is 0 Å². The highest BCUT2D eigenvalue weighted by Gasteiger charge is 2.19. The van der Waals surface area contributed by atoms with Crippen LogP contribution in [0.4, 0.5) is 0 Å². The molecule has 0 fully saturated rings. The third kappa shape index (κ3) is 4.95. The number of hydrogen-bond acceptors (Lipinski definition) is 2. The second-order valence-corrected chi connectivity index (χ2v) is 15.0. The molecular formula is C54H34N4. The Labute approximate surface area is 334 Å². The van der Waals surface area contributed by atoms with Crippen molar-refractivity contribution in [2.24, 2.45) is 0 Å². The number of benzene rings is 9. The van der Waals surface area contributed by atoms with E-state index in [4.69, 9.17) is 9.97 Å². The fraction of sp³-hybridized carbons (Fsp3) is 0. The molecule has 0 N–H and O–H groups in total. The number of aromatic nitrogens is 4. The molecule has 58 heavy (non-hydrogen) atoms. The third-order valence-electron chi connectivity index (χ3n) is 11.7. The van der Waals surface area contributed by atoms with E-state index in [1.807, 2.05) is 6.07 Å². The van der Waals surface area contributed by atoms with Crippen LogP contribution >= 0.6 is 0 Å². The minimum atomic E-state index is 0.704. The van der Waals surface area contributed by atoms with Gasteiger partial charge >= 0.3 is 0 Å². The first-order chi connectivity index (χ1) is 28.8. The van der Waals surface area contributed by atoms with Gasteiger partial charge in [-0.3, -0.25) is 0 Å². The van der Waals surface area contributed by atoms with Crippen molar-refractivity contribution >= 4 is 65.3 Å². The van der Waals surface area contributed by atoms with Crippen molar-refractivity contribution in [2.75, 3.05) is 0 Å². The maximum Gasteiger partial charge on any atom is 0.160 e. The van der Waals surface area contributed by atoms with Gasteiger partial charge < -0.3 is 9.13 Å². The van der Waals surface area contributed by atoms with Crippen molar-refractivity contribution in [3.63, 3.8) is 0 Å². The van der Waals surface area contributed by atoms with Gasteiger partial charge in [-0.15, -0.1) is 0 Å². The maximum atomic E-state index is 5.30. The SMILES string of the molecule is c1ccc(-c2nc(-c3cccc(-n4c5ccccc5c5cc(-c6cccc7c6c6ccccc6n7-c6ccccc6)ccc54)c3)nc3c2ccc2ccccc23)cc1. The molecule has 0 atom stereocenters. The quantitative estimate of drug-likeness (QED) is 0.165. The summed E-state index contributed by atoms with van der Waals surface area (Å²) in [5.41, 5.74) is 13.3. The highest BCUT2D eigenvalue weighted by molar-refractivity contribution is 6.17. The summed E-state index contributed by atoms with van der Waals surface area (Å²) in [6.45, 7) is 0. The molecule has 0 saturated carbocycles. The zero-order chi connectivity index (χ0) is 38.2. The summed E-state index contributed by atoms with van der Waals surface area (Å²) in [7, 11) is 0. The number of hydrogen-bond donors (Lipinski definition) is 0. The topological polar surface area (TPSA) is 35.6 Å². The third-order valence-corrected chi connectivity index (χ3v) is 11.7. The summed E-state index contributed by atoms with van der Waals surface area (Å²) in [5, 5.41) is 8.26. The standard InChI is InChI=1S/C54H34N4/c1-3-16-36(17-4-1)52-45-31-29-35-15-7-8-22-42(35)53(45)56-54(55-52)38-18-13-21-40(33-38)58-47-26-11-9-23-43(47)46-34-37(30-32-49(46)58)41-25-14-28-50-51(41)44-24-10-12-27-48(44)57(50)39-19-5-2-6-20-39/h1-34H. The predicted molar refractivity (Wildman–Crippen MR) is 242 cm³/mol. The largest absolute Gasteiger partial charge is 0.309 e. The van der Waals surface area contributed by atoms with Crippen LogP contribution in [0.1, 0.15) is 0 Å². The Morgan fingerprint density at radius 3 is 1.79 bits per heavy atom. The van der Waals surface area contributed by atoms with Gasteiger partial charge in [-0.1, -0.05) is 146 Å². The van der Waals surface area contributed by atoms with E-state index in [2.05, 4.69) is 209 Å². The lowest BCUT2D eigenvalue weighted by atomic mass is 9.98. The first-order valence-electron chi connectivity index (χ1n) is 19.8. The van der Waals surface area contributed by atoms with Crippen LogP contribution < -0.4 is 0 Å². The van der Waals surface area contributed by atoms with Crippen molar-refractivity contribution in [1.82, 2.24) is 19.1 Å². The van der Waals surface area contributed by atoms with Crippen LogP contribution in [0, 0.1) is 0 Å². The maximum absolute atomic E-state index is 5.30. The number of fused-ring (bicyclic) bond motifs is 9. The summed E-state index contributed by atoms with van der Waals surface area (Å²) in [6, 6.07) is 73.8. The summed E-state index contributed by atoms with van der Waals surface area (Å²) in [5.74, 6) is 0.704. The molecule has 0 aliphatic rings. The lowest BCUT2D eigenvalue weighted by Crippen LogP contribution is -1.98. The zero-order valence-corrected chi connectivity index (χ0v) is 31.4. The second-order valence-electron chi connectivity index (χ2n) is 15.0. The zero-order valence-electron chi connectivity index (χ0n) is 31.4. The van der Waals surface area contributed by atoms with Crippen LogP contribution in [0.3, 0.4) is 0 Å². The van der Waals surface area contributed by atoms with Gasteiger partial charge in [-0.25, -0.2) is 9.97 Å². The molecule has 0 unspecified atom stereocenters. The molecule has 9 aromatic carbocycles. The fourth-order valence-electron chi connectivity index (χ4n) is 9.13. The number of rotatable bonds is 5. The highest BCUT2D eigenvalue weighted by atomic mass is 15.0. The predicted octanol–water partition coefficient (Wildman–Crippen LogP) is 14.0. The Bertz CT molecular complexity index is 3560. The molecule has 0 aliphatic carbocycles. The van der Waals surface area contributed by atoms with Crippen LogP contribution in [0.25, 0.3) is 110 Å². The average Bonchev–Trinajstić information content (AvgIpc) is 3.82. The van der Waals surface area contributed by atoms with Crippen molar-refractivity contribution in [3.05, 3.63) is 206 Å². The Kier molecular flexibility index (Phi) is 7.20. The molecular weight excluding hydrogens is 705 g/mol. The normalized spacial score (nSPS) is 11.8. The molecule has 270 valence electrons. The Balaban J connectivity index is 1.05. The Morgan fingerprint density at radius 1 is 0.328 bits per heavy atom. The van der Waals surface area contributed by atoms with E-state index in [0.717, 1.165) is 60.9 Å². The number of para-hydroxylation sites is 3. The van der Waals surface area contributed by atoms with Crippen LogP contribution in [-0.4, -0.2) is 19.1 Å². The molecule has 0 amide bonds. The van der Waals surface area contributed by atoms with E-state index in [0.29, 0.717) is 5.82 Å². The molecule has 4 heteroatoms. The van der Waals surface area contributed by atoms with Gasteiger partial charge in [-0.05, 0) is 77.2 Å². The van der Waals surface area contributed by atoms with Gasteiger partial charge in [0.2, 0.25) is 0 Å². The molecule has 0 spiro atoms. The van der Waals surface area contributed by atoms with Crippen LogP contribution in [-0.2, 0) is 0 Å². The summed E-state index contributed by atoms with van der Waals surface area (Å²) in [4.78, 5) is 10.6. The van der Waals surface area contributed by atoms with E-state index in [1.165, 1.54) is 43.7 Å². The van der Waals surface area contributed by atoms with Gasteiger partial charge in [0, 0.05) is 54.8 Å². The van der Waals surface area contributed by atoms with E-state index in [1.54, 1.807) is 0 Å². The highest BCUT2D eigenvalue weighted by Crippen LogP contribution is 2.41. The van der Waals surface area contributed by atoms with Crippen molar-refractivity contribution in [3.8, 4) is 45.1 Å². The summed E-state index contributed by atoms with van der Waals surface area (Å²) < 4.78 is 4.77. The molecule has 12 aromatic rings. The molecule has 3 heterocycles. The van der Waals surface area contributed by atoms with Crippen LogP contribution in [0.5, 0.6) is 0 Å². The van der Waals surface area contributed by atoms with Gasteiger partial charge in [0.05, 0.1) is 33.3 Å². The van der Waals surface area contributed by atoms with E-state index < -0.39 is 0 Å². The van der Waals surface area contributed by atoms with Gasteiger partial charge in [0.1, 0.15) is 0 Å². The fourth-order valence-corrected chi connectivity index (χ4v) is 9.13. The molecule has 0 bridgehead atoms. The van der Waals surface area contributed by atoms with Gasteiger partial charge in [0.25, 0.3) is 0 Å². The van der Waals surface area contributed by atoms with Crippen molar-refractivity contribution < 1.29 is 0 Å². The van der Waals surface area contributed by atoms with Gasteiger partial charge in [0.15, 0.2) is 5.82 Å². The molecule has 0 aliphatic heterocycles. The van der Waals surface area contributed by atoms with Gasteiger partial charge in [-0.2, -0.15) is 0 Å². The van der Waals surface area contributed by atoms with Crippen molar-refractivity contribution in [1.29, 1.82) is 0 Å². The lowest BCUT2D eigenvalue weighted by molar-refractivity contribution is 1.17. The molecule has 3 aromatic heterocycles. The molecule has 0 saturated heterocycles. The van der Waals surface area contributed by atoms with Crippen LogP contribution in [0.2, 0.25) is 0 Å². The Hall–Kier alpha value is -7.82. The minimum absolute atomic E-state index is 0.704. The summed E-state index contributed by atoms with van der Waals surface area (Å²) >= 11 is 0. The minimum Gasteiger partial charge on any atom is -0.309 e. The molecule has 4 nitrogen and oxygen atoms in total. The van der Waals surface area contributed by atoms with Crippen LogP contribution in [0.15, 0.2) is 206 Å². The average molecular weight is 739 g/mol. The summed E-state index contributed by atoms with van der Waals surface area (Å²) in [6.07, 6.45) is 0. The Morgan fingerprint density at radius 2 is 0.948 bits per heavy atom. The molecule has 0 radical (unpaired) electrons. The lowest BCUT2D eigenvalue weighted by Gasteiger charge is -2.13. The van der Waals surface area contributed by atoms with E-state index >= 15 is 0 Å². The molecule has 12 rings (SSSR count). The number of nitrogens with zero attached hydrogens (tertiary/aromatic N) is 4. The monoisotopic (exact) mass is 738 g/mol. The van der Waals surface area contributed by atoms with E-state index in [9.17, 15) is 0 Å². The second kappa shape index (κ2) is 12.9. The first-order valence-corrected chi connectivity index (χ1v) is 19.8.